The van der Waals surface area contributed by atoms with Gasteiger partial charge in [0.15, 0.2) is 0 Å². The van der Waals surface area contributed by atoms with E-state index in [4.69, 9.17) is 4.42 Å². The fourth-order valence-corrected chi connectivity index (χ4v) is 2.46. The standard InChI is InChI=1S/C17H14OS/c1-19-16-10-8-14(9-11-16)13-4-6-15(7-5-13)17-3-2-12-18-17/h2-12H,1H3. The summed E-state index contributed by atoms with van der Waals surface area (Å²) >= 11 is 1.76. The number of thioether (sulfide) groups is 1. The highest BCUT2D eigenvalue weighted by molar-refractivity contribution is 7.98. The normalized spacial score (nSPS) is 10.6. The molecule has 2 heteroatoms. The molecular weight excluding hydrogens is 252 g/mol. The summed E-state index contributed by atoms with van der Waals surface area (Å²) in [5.74, 6) is 0.907. The molecule has 0 saturated carbocycles. The summed E-state index contributed by atoms with van der Waals surface area (Å²) < 4.78 is 5.39. The fraction of sp³-hybridized carbons (Fsp3) is 0.0588. The van der Waals surface area contributed by atoms with Gasteiger partial charge in [0.2, 0.25) is 0 Å². The summed E-state index contributed by atoms with van der Waals surface area (Å²) in [7, 11) is 0. The van der Waals surface area contributed by atoms with Crippen LogP contribution in [0.15, 0.2) is 76.2 Å². The van der Waals surface area contributed by atoms with E-state index in [-0.39, 0.29) is 0 Å². The van der Waals surface area contributed by atoms with Gasteiger partial charge in [0.25, 0.3) is 0 Å². The number of benzene rings is 2. The maximum Gasteiger partial charge on any atom is 0.133 e. The van der Waals surface area contributed by atoms with E-state index in [0.717, 1.165) is 11.3 Å². The van der Waals surface area contributed by atoms with Gasteiger partial charge >= 0.3 is 0 Å². The van der Waals surface area contributed by atoms with Gasteiger partial charge in [-0.1, -0.05) is 36.4 Å². The van der Waals surface area contributed by atoms with E-state index in [1.54, 1.807) is 18.0 Å². The molecule has 0 aliphatic carbocycles. The van der Waals surface area contributed by atoms with Crippen LogP contribution >= 0.6 is 11.8 Å². The van der Waals surface area contributed by atoms with Crippen molar-refractivity contribution in [3.63, 3.8) is 0 Å². The SMILES string of the molecule is CSc1ccc(-c2ccc(-c3ccco3)cc2)cc1. The van der Waals surface area contributed by atoms with Crippen molar-refractivity contribution in [2.75, 3.05) is 6.26 Å². The molecule has 0 saturated heterocycles. The Bertz CT molecular complexity index is 637. The molecule has 0 bridgehead atoms. The van der Waals surface area contributed by atoms with Gasteiger partial charge < -0.3 is 4.42 Å². The molecule has 1 heterocycles. The zero-order valence-corrected chi connectivity index (χ0v) is 11.5. The van der Waals surface area contributed by atoms with E-state index in [0.29, 0.717) is 0 Å². The highest BCUT2D eigenvalue weighted by atomic mass is 32.2. The van der Waals surface area contributed by atoms with Crippen LogP contribution in [0.1, 0.15) is 0 Å². The molecule has 0 aliphatic heterocycles. The van der Waals surface area contributed by atoms with Gasteiger partial charge in [-0.05, 0) is 41.6 Å². The number of rotatable bonds is 3. The molecule has 0 spiro atoms. The Balaban J connectivity index is 1.89. The molecule has 0 fully saturated rings. The summed E-state index contributed by atoms with van der Waals surface area (Å²) in [6.45, 7) is 0. The van der Waals surface area contributed by atoms with Crippen LogP contribution < -0.4 is 0 Å². The maximum absolute atomic E-state index is 5.39. The highest BCUT2D eigenvalue weighted by Crippen LogP contribution is 2.26. The van der Waals surface area contributed by atoms with Gasteiger partial charge in [-0.25, -0.2) is 0 Å². The quantitative estimate of drug-likeness (QED) is 0.594. The first-order valence-corrected chi connectivity index (χ1v) is 7.38. The van der Waals surface area contributed by atoms with Gasteiger partial charge in [-0.2, -0.15) is 0 Å². The first-order chi connectivity index (χ1) is 9.36. The third-order valence-electron chi connectivity index (χ3n) is 3.11. The first-order valence-electron chi connectivity index (χ1n) is 6.15. The second kappa shape index (κ2) is 5.37. The minimum Gasteiger partial charge on any atom is -0.464 e. The Labute approximate surface area is 117 Å². The Morgan fingerprint density at radius 2 is 1.32 bits per heavy atom. The Hall–Kier alpha value is -1.93. The molecule has 0 radical (unpaired) electrons. The van der Waals surface area contributed by atoms with Crippen molar-refractivity contribution in [3.05, 3.63) is 66.9 Å². The molecule has 19 heavy (non-hydrogen) atoms. The molecule has 3 aromatic rings. The molecule has 0 N–H and O–H groups in total. The lowest BCUT2D eigenvalue weighted by molar-refractivity contribution is 0.582. The molecule has 3 rings (SSSR count). The largest absolute Gasteiger partial charge is 0.464 e. The molecule has 0 aliphatic rings. The zero-order valence-electron chi connectivity index (χ0n) is 10.7. The van der Waals surface area contributed by atoms with Crippen molar-refractivity contribution in [1.82, 2.24) is 0 Å². The molecule has 1 nitrogen and oxygen atoms in total. The van der Waals surface area contributed by atoms with Crippen LogP contribution in [0, 0.1) is 0 Å². The van der Waals surface area contributed by atoms with Crippen LogP contribution in [0.2, 0.25) is 0 Å². The van der Waals surface area contributed by atoms with Gasteiger partial charge in [-0.15, -0.1) is 11.8 Å². The minimum atomic E-state index is 0.907. The number of hydrogen-bond donors (Lipinski definition) is 0. The van der Waals surface area contributed by atoms with E-state index in [9.17, 15) is 0 Å². The molecule has 0 unspecified atom stereocenters. The van der Waals surface area contributed by atoms with Crippen LogP contribution in [-0.2, 0) is 0 Å². The highest BCUT2D eigenvalue weighted by Gasteiger charge is 2.02. The topological polar surface area (TPSA) is 13.1 Å². The zero-order chi connectivity index (χ0) is 13.1. The smallest absolute Gasteiger partial charge is 0.133 e. The van der Waals surface area contributed by atoms with E-state index >= 15 is 0 Å². The third kappa shape index (κ3) is 2.59. The minimum absolute atomic E-state index is 0.907. The maximum atomic E-state index is 5.39. The Kier molecular flexibility index (Phi) is 3.43. The van der Waals surface area contributed by atoms with Gasteiger partial charge in [0.05, 0.1) is 6.26 Å². The van der Waals surface area contributed by atoms with Crippen molar-refractivity contribution in [2.24, 2.45) is 0 Å². The van der Waals surface area contributed by atoms with Crippen molar-refractivity contribution < 1.29 is 4.42 Å². The van der Waals surface area contributed by atoms with Crippen molar-refractivity contribution >= 4 is 11.8 Å². The molecule has 1 aromatic heterocycles. The van der Waals surface area contributed by atoms with E-state index in [2.05, 4.69) is 54.8 Å². The molecule has 2 aromatic carbocycles. The van der Waals surface area contributed by atoms with Crippen molar-refractivity contribution in [2.45, 2.75) is 4.90 Å². The van der Waals surface area contributed by atoms with Crippen LogP contribution in [-0.4, -0.2) is 6.26 Å². The van der Waals surface area contributed by atoms with E-state index in [1.807, 2.05) is 12.1 Å². The number of hydrogen-bond acceptors (Lipinski definition) is 2. The van der Waals surface area contributed by atoms with E-state index in [1.165, 1.54) is 16.0 Å². The van der Waals surface area contributed by atoms with Gasteiger partial charge in [-0.3, -0.25) is 0 Å². The summed E-state index contributed by atoms with van der Waals surface area (Å²) in [6.07, 6.45) is 3.79. The summed E-state index contributed by atoms with van der Waals surface area (Å²) in [5, 5.41) is 0. The summed E-state index contributed by atoms with van der Waals surface area (Å²) in [5.41, 5.74) is 3.57. The molecular formula is C17H14OS. The Morgan fingerprint density at radius 3 is 1.84 bits per heavy atom. The van der Waals surface area contributed by atoms with Gasteiger partial charge in [0, 0.05) is 10.5 Å². The molecule has 0 amide bonds. The Morgan fingerprint density at radius 1 is 0.737 bits per heavy atom. The van der Waals surface area contributed by atoms with Crippen molar-refractivity contribution in [1.29, 1.82) is 0 Å². The average molecular weight is 266 g/mol. The lowest BCUT2D eigenvalue weighted by atomic mass is 10.0. The van der Waals surface area contributed by atoms with Crippen LogP contribution in [0.25, 0.3) is 22.5 Å². The fourth-order valence-electron chi connectivity index (χ4n) is 2.05. The van der Waals surface area contributed by atoms with Crippen molar-refractivity contribution in [3.8, 4) is 22.5 Å². The monoisotopic (exact) mass is 266 g/mol. The molecule has 0 atom stereocenters. The lowest BCUT2D eigenvalue weighted by Gasteiger charge is -2.04. The van der Waals surface area contributed by atoms with Gasteiger partial charge in [0.1, 0.15) is 5.76 Å². The lowest BCUT2D eigenvalue weighted by Crippen LogP contribution is -1.79. The second-order valence-corrected chi connectivity index (χ2v) is 5.16. The predicted octanol–water partition coefficient (Wildman–Crippen LogP) is 5.34. The third-order valence-corrected chi connectivity index (χ3v) is 3.86. The van der Waals surface area contributed by atoms with Crippen LogP contribution in [0.5, 0.6) is 0 Å². The van der Waals surface area contributed by atoms with Crippen LogP contribution in [0.3, 0.4) is 0 Å². The average Bonchev–Trinajstić information content (AvgIpc) is 3.02. The summed E-state index contributed by atoms with van der Waals surface area (Å²) in [6, 6.07) is 21.0. The van der Waals surface area contributed by atoms with E-state index < -0.39 is 0 Å². The second-order valence-electron chi connectivity index (χ2n) is 4.28. The summed E-state index contributed by atoms with van der Waals surface area (Å²) in [4.78, 5) is 1.29. The molecule has 94 valence electrons. The first kappa shape index (κ1) is 12.1. The number of furan rings is 1. The van der Waals surface area contributed by atoms with Crippen LogP contribution in [0.4, 0.5) is 0 Å². The predicted molar refractivity (Wildman–Crippen MR) is 81.4 cm³/mol.